The SMILES string of the molecule is CCC(Oc1ccc(Cl)cc1Cl)C(=O)NN=Cc1ccc(OC(=O)c2ccc(C)cc2)cc1. The predicted octanol–water partition coefficient (Wildman–Crippen LogP) is 5.83. The van der Waals surface area contributed by atoms with Crippen LogP contribution in [0.1, 0.15) is 34.8 Å². The molecule has 1 amide bonds. The third kappa shape index (κ3) is 7.07. The molecule has 0 aliphatic carbocycles. The van der Waals surface area contributed by atoms with Gasteiger partial charge in [0.05, 0.1) is 16.8 Å². The van der Waals surface area contributed by atoms with E-state index in [-0.39, 0.29) is 0 Å². The molecule has 3 aromatic carbocycles. The van der Waals surface area contributed by atoms with Crippen LogP contribution >= 0.6 is 23.2 Å². The van der Waals surface area contributed by atoms with Gasteiger partial charge in [-0.25, -0.2) is 10.2 Å². The van der Waals surface area contributed by atoms with Crippen LogP contribution in [0, 0.1) is 6.92 Å². The number of rotatable bonds is 8. The molecule has 3 aromatic rings. The lowest BCUT2D eigenvalue weighted by molar-refractivity contribution is -0.128. The number of hydrogen-bond donors (Lipinski definition) is 1. The lowest BCUT2D eigenvalue weighted by Crippen LogP contribution is -2.35. The molecule has 170 valence electrons. The monoisotopic (exact) mass is 484 g/mol. The summed E-state index contributed by atoms with van der Waals surface area (Å²) in [5.41, 5.74) is 4.70. The average molecular weight is 485 g/mol. The van der Waals surface area contributed by atoms with E-state index in [2.05, 4.69) is 10.5 Å². The number of carbonyl (C=O) groups is 2. The Morgan fingerprint density at radius 3 is 2.36 bits per heavy atom. The van der Waals surface area contributed by atoms with E-state index in [1.165, 1.54) is 6.21 Å². The van der Waals surface area contributed by atoms with Gasteiger partial charge in [0.15, 0.2) is 6.10 Å². The van der Waals surface area contributed by atoms with E-state index in [1.54, 1.807) is 54.6 Å². The topological polar surface area (TPSA) is 77.0 Å². The van der Waals surface area contributed by atoms with Crippen molar-refractivity contribution in [2.45, 2.75) is 26.4 Å². The molecule has 1 atom stereocenters. The standard InChI is InChI=1S/C25H22Cl2N2O4/c1-3-22(33-23-13-10-19(26)14-21(23)27)24(30)29-28-15-17-6-11-20(12-7-17)32-25(31)18-8-4-16(2)5-9-18/h4-15,22H,3H2,1-2H3,(H,29,30). The fourth-order valence-corrected chi connectivity index (χ4v) is 3.22. The van der Waals surface area contributed by atoms with Crippen molar-refractivity contribution in [3.63, 3.8) is 0 Å². The van der Waals surface area contributed by atoms with E-state index in [9.17, 15) is 9.59 Å². The van der Waals surface area contributed by atoms with Crippen LogP contribution in [-0.4, -0.2) is 24.2 Å². The van der Waals surface area contributed by atoms with Gasteiger partial charge in [0.2, 0.25) is 0 Å². The maximum absolute atomic E-state index is 12.4. The van der Waals surface area contributed by atoms with E-state index in [0.29, 0.717) is 39.1 Å². The van der Waals surface area contributed by atoms with Crippen molar-refractivity contribution in [1.82, 2.24) is 5.43 Å². The Bertz CT molecular complexity index is 1150. The number of amides is 1. The number of nitrogens with zero attached hydrogens (tertiary/aromatic N) is 1. The van der Waals surface area contributed by atoms with Crippen LogP contribution < -0.4 is 14.9 Å². The van der Waals surface area contributed by atoms with Crippen molar-refractivity contribution in [3.05, 3.63) is 93.5 Å². The second kappa shape index (κ2) is 11.5. The molecule has 33 heavy (non-hydrogen) atoms. The molecule has 0 fully saturated rings. The van der Waals surface area contributed by atoms with Crippen molar-refractivity contribution in [3.8, 4) is 11.5 Å². The van der Waals surface area contributed by atoms with Crippen LogP contribution in [0.15, 0.2) is 71.8 Å². The summed E-state index contributed by atoms with van der Waals surface area (Å²) < 4.78 is 11.1. The highest BCUT2D eigenvalue weighted by molar-refractivity contribution is 6.35. The second-order valence-electron chi connectivity index (χ2n) is 7.15. The number of ether oxygens (including phenoxy) is 2. The van der Waals surface area contributed by atoms with Gasteiger partial charge in [-0.3, -0.25) is 4.79 Å². The maximum atomic E-state index is 12.4. The first-order valence-corrected chi connectivity index (χ1v) is 10.9. The third-order valence-corrected chi connectivity index (χ3v) is 5.12. The number of hydrogen-bond acceptors (Lipinski definition) is 5. The van der Waals surface area contributed by atoms with Crippen molar-refractivity contribution in [1.29, 1.82) is 0 Å². The Kier molecular flexibility index (Phi) is 8.46. The second-order valence-corrected chi connectivity index (χ2v) is 7.99. The average Bonchev–Trinajstić information content (AvgIpc) is 2.80. The summed E-state index contributed by atoms with van der Waals surface area (Å²) in [6, 6.07) is 18.7. The molecule has 1 N–H and O–H groups in total. The predicted molar refractivity (Wildman–Crippen MR) is 129 cm³/mol. The third-order valence-electron chi connectivity index (χ3n) is 4.59. The Balaban J connectivity index is 1.54. The number of benzene rings is 3. The van der Waals surface area contributed by atoms with Gasteiger partial charge in [-0.05, 0) is 73.5 Å². The zero-order valence-corrected chi connectivity index (χ0v) is 19.6. The van der Waals surface area contributed by atoms with Crippen molar-refractivity contribution in [2.75, 3.05) is 0 Å². The normalized spacial score (nSPS) is 11.8. The zero-order chi connectivity index (χ0) is 23.8. The lowest BCUT2D eigenvalue weighted by Gasteiger charge is -2.16. The summed E-state index contributed by atoms with van der Waals surface area (Å²) in [6.45, 7) is 3.76. The van der Waals surface area contributed by atoms with E-state index < -0.39 is 18.0 Å². The molecule has 0 bridgehead atoms. The van der Waals surface area contributed by atoms with Gasteiger partial charge in [0.1, 0.15) is 11.5 Å². The zero-order valence-electron chi connectivity index (χ0n) is 18.0. The van der Waals surface area contributed by atoms with Crippen LogP contribution in [0.5, 0.6) is 11.5 Å². The minimum absolute atomic E-state index is 0.320. The summed E-state index contributed by atoms with van der Waals surface area (Å²) >= 11 is 12.0. The molecule has 0 aromatic heterocycles. The Labute approximate surface area is 202 Å². The molecule has 0 heterocycles. The Morgan fingerprint density at radius 2 is 1.73 bits per heavy atom. The van der Waals surface area contributed by atoms with E-state index in [4.69, 9.17) is 32.7 Å². The molecule has 0 radical (unpaired) electrons. The summed E-state index contributed by atoms with van der Waals surface area (Å²) in [5.74, 6) is -0.0811. The summed E-state index contributed by atoms with van der Waals surface area (Å²) in [5, 5.41) is 4.77. The molecular weight excluding hydrogens is 463 g/mol. The summed E-state index contributed by atoms with van der Waals surface area (Å²) in [6.07, 6.45) is 1.12. The minimum Gasteiger partial charge on any atom is -0.479 e. The first-order chi connectivity index (χ1) is 15.9. The fourth-order valence-electron chi connectivity index (χ4n) is 2.77. The summed E-state index contributed by atoms with van der Waals surface area (Å²) in [7, 11) is 0. The largest absolute Gasteiger partial charge is 0.479 e. The highest BCUT2D eigenvalue weighted by Gasteiger charge is 2.19. The molecule has 6 nitrogen and oxygen atoms in total. The number of esters is 1. The maximum Gasteiger partial charge on any atom is 0.343 e. The van der Waals surface area contributed by atoms with Gasteiger partial charge in [0, 0.05) is 5.02 Å². The van der Waals surface area contributed by atoms with Gasteiger partial charge in [-0.2, -0.15) is 5.10 Å². The summed E-state index contributed by atoms with van der Waals surface area (Å²) in [4.78, 5) is 24.6. The highest BCUT2D eigenvalue weighted by Crippen LogP contribution is 2.28. The quantitative estimate of drug-likeness (QED) is 0.189. The van der Waals surface area contributed by atoms with Crippen LogP contribution in [-0.2, 0) is 4.79 Å². The minimum atomic E-state index is -0.774. The van der Waals surface area contributed by atoms with Crippen LogP contribution in [0.3, 0.4) is 0 Å². The van der Waals surface area contributed by atoms with Crippen molar-refractivity contribution < 1.29 is 19.1 Å². The Morgan fingerprint density at radius 1 is 1.03 bits per heavy atom. The van der Waals surface area contributed by atoms with Gasteiger partial charge in [-0.15, -0.1) is 0 Å². The number of carbonyl (C=O) groups excluding carboxylic acids is 2. The molecule has 0 aliphatic heterocycles. The first kappa shape index (κ1) is 24.3. The molecule has 1 unspecified atom stereocenters. The fraction of sp³-hybridized carbons (Fsp3) is 0.160. The van der Waals surface area contributed by atoms with E-state index >= 15 is 0 Å². The number of aryl methyl sites for hydroxylation is 1. The van der Waals surface area contributed by atoms with E-state index in [1.807, 2.05) is 26.0 Å². The van der Waals surface area contributed by atoms with Gasteiger partial charge < -0.3 is 9.47 Å². The van der Waals surface area contributed by atoms with Gasteiger partial charge >= 0.3 is 5.97 Å². The molecule has 0 spiro atoms. The molecule has 0 saturated carbocycles. The first-order valence-electron chi connectivity index (χ1n) is 10.2. The van der Waals surface area contributed by atoms with Crippen molar-refractivity contribution in [2.24, 2.45) is 5.10 Å². The lowest BCUT2D eigenvalue weighted by atomic mass is 10.1. The van der Waals surface area contributed by atoms with E-state index in [0.717, 1.165) is 5.56 Å². The molecule has 8 heteroatoms. The molecular formula is C25H22Cl2N2O4. The molecule has 0 aliphatic rings. The van der Waals surface area contributed by atoms with Crippen LogP contribution in [0.25, 0.3) is 0 Å². The smallest absolute Gasteiger partial charge is 0.343 e. The molecule has 3 rings (SSSR count). The molecule has 0 saturated heterocycles. The highest BCUT2D eigenvalue weighted by atomic mass is 35.5. The van der Waals surface area contributed by atoms with Crippen molar-refractivity contribution >= 4 is 41.3 Å². The van der Waals surface area contributed by atoms with Gasteiger partial charge in [0.25, 0.3) is 5.91 Å². The van der Waals surface area contributed by atoms with Gasteiger partial charge in [-0.1, -0.05) is 47.8 Å². The number of nitrogens with one attached hydrogen (secondary N) is 1. The van der Waals surface area contributed by atoms with Crippen LogP contribution in [0.4, 0.5) is 0 Å². The number of halogens is 2. The van der Waals surface area contributed by atoms with Crippen LogP contribution in [0.2, 0.25) is 10.0 Å². The Hall–Kier alpha value is -3.35. The number of hydrazone groups is 1.